The zero-order valence-corrected chi connectivity index (χ0v) is 21.6. The lowest BCUT2D eigenvalue weighted by molar-refractivity contribution is -0.122. The van der Waals surface area contributed by atoms with Crippen molar-refractivity contribution in [1.29, 1.82) is 0 Å². The highest BCUT2D eigenvalue weighted by Crippen LogP contribution is 2.33. The van der Waals surface area contributed by atoms with E-state index in [0.717, 1.165) is 41.6 Å². The summed E-state index contributed by atoms with van der Waals surface area (Å²) in [5.41, 5.74) is 7.43. The molecule has 0 bridgehead atoms. The number of halogens is 1. The minimum atomic E-state index is -0.327. The number of nitrogens with zero attached hydrogens (tertiary/aromatic N) is 4. The Morgan fingerprint density at radius 3 is 2.65 bits per heavy atom. The van der Waals surface area contributed by atoms with Gasteiger partial charge in [-0.1, -0.05) is 30.7 Å². The van der Waals surface area contributed by atoms with Gasteiger partial charge in [-0.05, 0) is 42.7 Å². The van der Waals surface area contributed by atoms with Crippen molar-refractivity contribution in [2.24, 2.45) is 10.9 Å². The predicted octanol–water partition coefficient (Wildman–Crippen LogP) is 5.83. The second kappa shape index (κ2) is 10.00. The first kappa shape index (κ1) is 24.1. The minimum Gasteiger partial charge on any atom is -0.383 e. The van der Waals surface area contributed by atoms with Gasteiger partial charge in [0.2, 0.25) is 5.91 Å². The van der Waals surface area contributed by atoms with Crippen molar-refractivity contribution < 1.29 is 9.18 Å². The zero-order chi connectivity index (χ0) is 27.1. The number of rotatable bonds is 5. The van der Waals surface area contributed by atoms with Gasteiger partial charge in [-0.2, -0.15) is 0 Å². The molecule has 198 valence electrons. The van der Waals surface area contributed by atoms with E-state index in [9.17, 15) is 9.18 Å². The molecule has 8 nitrogen and oxygen atoms in total. The van der Waals surface area contributed by atoms with E-state index in [0.29, 0.717) is 52.5 Å². The number of imidazole rings is 1. The van der Waals surface area contributed by atoms with Crippen molar-refractivity contribution in [3.05, 3.63) is 90.5 Å². The number of pyridine rings is 2. The average Bonchev–Trinajstić information content (AvgIpc) is 3.26. The molecule has 1 saturated carbocycles. The summed E-state index contributed by atoms with van der Waals surface area (Å²) < 4.78 is 14.7. The summed E-state index contributed by atoms with van der Waals surface area (Å²) in [4.78, 5) is 34.3. The molecule has 1 aliphatic heterocycles. The van der Waals surface area contributed by atoms with Crippen LogP contribution in [0.2, 0.25) is 0 Å². The van der Waals surface area contributed by atoms with Crippen LogP contribution < -0.4 is 10.6 Å². The highest BCUT2D eigenvalue weighted by molar-refractivity contribution is 6.16. The number of nitrogens with one attached hydrogen (secondary N) is 3. The van der Waals surface area contributed by atoms with Gasteiger partial charge < -0.3 is 15.6 Å². The monoisotopic (exact) mass is 531 g/mol. The SMILES string of the molecule is O=C(Nc1cncc(-c2ccc3c(c2)C(c2nc4c(-c5ccccc5F)cncc4[nH]2)=NCCN3)c1)C1CCC1. The number of H-pyrrole nitrogens is 1. The van der Waals surface area contributed by atoms with Gasteiger partial charge >= 0.3 is 0 Å². The van der Waals surface area contributed by atoms with Crippen LogP contribution in [0.25, 0.3) is 33.3 Å². The minimum absolute atomic E-state index is 0.0554. The molecule has 1 fully saturated rings. The van der Waals surface area contributed by atoms with Gasteiger partial charge in [0, 0.05) is 52.8 Å². The third-order valence-electron chi connectivity index (χ3n) is 7.57. The Bertz CT molecular complexity index is 1790. The van der Waals surface area contributed by atoms with Gasteiger partial charge in [0.15, 0.2) is 5.82 Å². The number of aromatic nitrogens is 4. The Hall–Kier alpha value is -4.92. The fourth-order valence-corrected chi connectivity index (χ4v) is 5.22. The Morgan fingerprint density at radius 2 is 1.80 bits per heavy atom. The smallest absolute Gasteiger partial charge is 0.227 e. The van der Waals surface area contributed by atoms with Crippen molar-refractivity contribution in [3.8, 4) is 22.3 Å². The lowest BCUT2D eigenvalue weighted by Crippen LogP contribution is -2.28. The second-order valence-corrected chi connectivity index (χ2v) is 10.1. The normalized spacial score (nSPS) is 15.0. The standard InChI is InChI=1S/C31H26FN7O/c32-25-7-2-1-6-22(25)24-16-34-17-27-28(24)39-30(38-27)29-23-13-19(8-9-26(23)35-10-11-36-29)20-12-21(15-33-14-20)37-31(40)18-4-3-5-18/h1-2,6-9,12-18,35H,3-5,10-11H2,(H,37,40)(H,38,39). The van der Waals surface area contributed by atoms with Crippen LogP contribution in [0.1, 0.15) is 30.7 Å². The van der Waals surface area contributed by atoms with Crippen LogP contribution in [0.5, 0.6) is 0 Å². The number of hydrogen-bond acceptors (Lipinski definition) is 6. The number of amides is 1. The molecule has 2 aromatic carbocycles. The van der Waals surface area contributed by atoms with Crippen LogP contribution >= 0.6 is 0 Å². The molecule has 3 aromatic heterocycles. The molecule has 1 aliphatic carbocycles. The molecule has 1 amide bonds. The number of hydrogen-bond donors (Lipinski definition) is 3. The van der Waals surface area contributed by atoms with Crippen molar-refractivity contribution in [2.45, 2.75) is 19.3 Å². The largest absolute Gasteiger partial charge is 0.383 e. The molecular weight excluding hydrogens is 505 g/mol. The molecule has 0 unspecified atom stereocenters. The van der Waals surface area contributed by atoms with Crippen LogP contribution in [0.3, 0.4) is 0 Å². The summed E-state index contributed by atoms with van der Waals surface area (Å²) in [6, 6.07) is 14.7. The molecule has 5 aromatic rings. The molecule has 0 radical (unpaired) electrons. The Kier molecular flexibility index (Phi) is 6.03. The summed E-state index contributed by atoms with van der Waals surface area (Å²) in [6.07, 6.45) is 9.78. The van der Waals surface area contributed by atoms with Gasteiger partial charge in [0.25, 0.3) is 0 Å². The third kappa shape index (κ3) is 4.39. The summed E-state index contributed by atoms with van der Waals surface area (Å²) in [6.45, 7) is 1.25. The fourth-order valence-electron chi connectivity index (χ4n) is 5.22. The van der Waals surface area contributed by atoms with E-state index in [2.05, 4.69) is 31.7 Å². The van der Waals surface area contributed by atoms with Crippen LogP contribution in [0.4, 0.5) is 15.8 Å². The Labute approximate surface area is 229 Å². The fraction of sp³-hybridized carbons (Fsp3) is 0.194. The molecule has 0 saturated heterocycles. The quantitative estimate of drug-likeness (QED) is 0.265. The lowest BCUT2D eigenvalue weighted by Gasteiger charge is -2.24. The summed E-state index contributed by atoms with van der Waals surface area (Å²) in [5, 5.41) is 6.47. The highest BCUT2D eigenvalue weighted by Gasteiger charge is 2.25. The first-order chi connectivity index (χ1) is 19.6. The maximum atomic E-state index is 14.7. The number of aromatic amines is 1. The van der Waals surface area contributed by atoms with E-state index >= 15 is 0 Å². The molecule has 9 heteroatoms. The topological polar surface area (TPSA) is 108 Å². The van der Waals surface area contributed by atoms with E-state index in [1.807, 2.05) is 18.2 Å². The number of carbonyl (C=O) groups excluding carboxylic acids is 1. The molecule has 0 atom stereocenters. The van der Waals surface area contributed by atoms with Crippen molar-refractivity contribution in [1.82, 2.24) is 19.9 Å². The van der Waals surface area contributed by atoms with E-state index in [-0.39, 0.29) is 17.6 Å². The first-order valence-electron chi connectivity index (χ1n) is 13.4. The van der Waals surface area contributed by atoms with Crippen LogP contribution in [0, 0.1) is 11.7 Å². The van der Waals surface area contributed by atoms with Gasteiger partial charge in [0.1, 0.15) is 17.0 Å². The van der Waals surface area contributed by atoms with E-state index in [1.54, 1.807) is 43.0 Å². The lowest BCUT2D eigenvalue weighted by atomic mass is 9.85. The number of benzodiazepines with no additional fused rings is 1. The van der Waals surface area contributed by atoms with Gasteiger partial charge in [-0.25, -0.2) is 9.37 Å². The van der Waals surface area contributed by atoms with Gasteiger partial charge in [-0.15, -0.1) is 0 Å². The van der Waals surface area contributed by atoms with Crippen LogP contribution in [-0.2, 0) is 4.79 Å². The number of carbonyl (C=O) groups is 1. The molecule has 3 N–H and O–H groups in total. The third-order valence-corrected chi connectivity index (χ3v) is 7.57. The van der Waals surface area contributed by atoms with Crippen LogP contribution in [0.15, 0.2) is 78.3 Å². The summed E-state index contributed by atoms with van der Waals surface area (Å²) in [5.74, 6) is 0.410. The molecule has 0 spiro atoms. The number of anilines is 2. The Balaban J connectivity index is 1.27. The summed E-state index contributed by atoms with van der Waals surface area (Å²) in [7, 11) is 0. The molecule has 4 heterocycles. The molecular formula is C31H26FN7O. The average molecular weight is 532 g/mol. The predicted molar refractivity (Wildman–Crippen MR) is 154 cm³/mol. The van der Waals surface area contributed by atoms with E-state index in [4.69, 9.17) is 9.98 Å². The highest BCUT2D eigenvalue weighted by atomic mass is 19.1. The molecule has 7 rings (SSSR count). The van der Waals surface area contributed by atoms with Gasteiger partial charge in [-0.3, -0.25) is 19.8 Å². The van der Waals surface area contributed by atoms with Crippen molar-refractivity contribution in [3.63, 3.8) is 0 Å². The maximum Gasteiger partial charge on any atom is 0.227 e. The van der Waals surface area contributed by atoms with Crippen molar-refractivity contribution >= 4 is 34.0 Å². The molecule has 2 aliphatic rings. The van der Waals surface area contributed by atoms with Crippen LogP contribution in [-0.4, -0.2) is 44.6 Å². The van der Waals surface area contributed by atoms with E-state index < -0.39 is 0 Å². The second-order valence-electron chi connectivity index (χ2n) is 10.1. The van der Waals surface area contributed by atoms with E-state index in [1.165, 1.54) is 6.07 Å². The van der Waals surface area contributed by atoms with Crippen molar-refractivity contribution in [2.75, 3.05) is 23.7 Å². The van der Waals surface area contributed by atoms with Gasteiger partial charge in [0.05, 0.1) is 30.1 Å². The number of benzene rings is 2. The first-order valence-corrected chi connectivity index (χ1v) is 13.4. The Morgan fingerprint density at radius 1 is 0.925 bits per heavy atom. The zero-order valence-electron chi connectivity index (χ0n) is 21.6. The molecule has 40 heavy (non-hydrogen) atoms. The maximum absolute atomic E-state index is 14.7. The number of fused-ring (bicyclic) bond motifs is 2. The summed E-state index contributed by atoms with van der Waals surface area (Å²) >= 11 is 0. The number of aliphatic imine (C=N–C) groups is 1.